The van der Waals surface area contributed by atoms with Crippen LogP contribution in [0.1, 0.15) is 12.5 Å². The molecule has 2 aromatic carbocycles. The number of rotatable bonds is 3. The molecule has 0 fully saturated rings. The normalized spacial score (nSPS) is 11.2. The fourth-order valence-corrected chi connectivity index (χ4v) is 1.43. The number of nitrogens with zero attached hydrogens (tertiary/aromatic N) is 1. The van der Waals surface area contributed by atoms with E-state index in [0.29, 0.717) is 0 Å². The predicted octanol–water partition coefficient (Wildman–Crippen LogP) is 3.23. The van der Waals surface area contributed by atoms with Crippen LogP contribution in [0.4, 0.5) is 5.69 Å². The molecule has 0 aromatic heterocycles. The minimum Gasteiger partial charge on any atom is -0.508 e. The average Bonchev–Trinajstić information content (AvgIpc) is 2.38. The molecule has 0 aliphatic heterocycles. The van der Waals surface area contributed by atoms with E-state index < -0.39 is 0 Å². The minimum atomic E-state index is 0.262. The fourth-order valence-electron chi connectivity index (χ4n) is 1.43. The van der Waals surface area contributed by atoms with E-state index in [2.05, 4.69) is 10.5 Å². The first kappa shape index (κ1) is 11.2. The maximum atomic E-state index is 9.19. The molecule has 0 spiro atoms. The van der Waals surface area contributed by atoms with Crippen LogP contribution in [-0.4, -0.2) is 10.8 Å². The summed E-state index contributed by atoms with van der Waals surface area (Å²) in [6, 6.07) is 16.7. The van der Waals surface area contributed by atoms with Crippen molar-refractivity contribution in [3.8, 4) is 5.75 Å². The van der Waals surface area contributed by atoms with Gasteiger partial charge >= 0.3 is 0 Å². The molecule has 3 nitrogen and oxygen atoms in total. The lowest BCUT2D eigenvalue weighted by Crippen LogP contribution is -1.99. The van der Waals surface area contributed by atoms with Gasteiger partial charge in [0.2, 0.25) is 0 Å². The van der Waals surface area contributed by atoms with Gasteiger partial charge in [-0.2, -0.15) is 5.10 Å². The quantitative estimate of drug-likeness (QED) is 0.623. The first-order valence-corrected chi connectivity index (χ1v) is 5.40. The molecule has 86 valence electrons. The fraction of sp³-hybridized carbons (Fsp3) is 0.0714. The predicted molar refractivity (Wildman–Crippen MR) is 70.4 cm³/mol. The molecule has 0 amide bonds. The van der Waals surface area contributed by atoms with Gasteiger partial charge in [0.05, 0.1) is 11.4 Å². The molecule has 2 N–H and O–H groups in total. The summed E-state index contributed by atoms with van der Waals surface area (Å²) in [4.78, 5) is 0. The van der Waals surface area contributed by atoms with Gasteiger partial charge in [0.1, 0.15) is 5.75 Å². The Balaban J connectivity index is 2.10. The van der Waals surface area contributed by atoms with E-state index in [1.165, 1.54) is 0 Å². The summed E-state index contributed by atoms with van der Waals surface area (Å²) in [7, 11) is 0. The molecule has 17 heavy (non-hydrogen) atoms. The summed E-state index contributed by atoms with van der Waals surface area (Å²) < 4.78 is 0. The largest absolute Gasteiger partial charge is 0.508 e. The molecule has 0 saturated heterocycles. The van der Waals surface area contributed by atoms with E-state index in [4.69, 9.17) is 0 Å². The van der Waals surface area contributed by atoms with Crippen LogP contribution < -0.4 is 5.43 Å². The van der Waals surface area contributed by atoms with Gasteiger partial charge in [-0.25, -0.2) is 0 Å². The lowest BCUT2D eigenvalue weighted by molar-refractivity contribution is 0.475. The zero-order valence-corrected chi connectivity index (χ0v) is 9.59. The summed E-state index contributed by atoms with van der Waals surface area (Å²) in [6.45, 7) is 1.92. The zero-order valence-electron chi connectivity index (χ0n) is 9.59. The van der Waals surface area contributed by atoms with Gasteiger partial charge in [0.15, 0.2) is 0 Å². The van der Waals surface area contributed by atoms with Crippen LogP contribution in [0, 0.1) is 0 Å². The molecule has 0 bridgehead atoms. The monoisotopic (exact) mass is 226 g/mol. The number of nitrogens with one attached hydrogen (secondary N) is 1. The summed E-state index contributed by atoms with van der Waals surface area (Å²) in [5.74, 6) is 0.262. The van der Waals surface area contributed by atoms with Crippen molar-refractivity contribution in [2.24, 2.45) is 5.10 Å². The number of aromatic hydroxyl groups is 1. The van der Waals surface area contributed by atoms with Gasteiger partial charge in [0, 0.05) is 0 Å². The second kappa shape index (κ2) is 5.16. The maximum absolute atomic E-state index is 9.19. The van der Waals surface area contributed by atoms with Crippen molar-refractivity contribution < 1.29 is 5.11 Å². The van der Waals surface area contributed by atoms with Gasteiger partial charge in [-0.05, 0) is 48.9 Å². The van der Waals surface area contributed by atoms with Crippen molar-refractivity contribution in [3.63, 3.8) is 0 Å². The van der Waals surface area contributed by atoms with Crippen LogP contribution in [0.2, 0.25) is 0 Å². The molecule has 0 atom stereocenters. The van der Waals surface area contributed by atoms with Crippen molar-refractivity contribution in [3.05, 3.63) is 60.2 Å². The van der Waals surface area contributed by atoms with Crippen LogP contribution in [0.25, 0.3) is 0 Å². The van der Waals surface area contributed by atoms with Crippen molar-refractivity contribution in [1.29, 1.82) is 0 Å². The molecule has 0 radical (unpaired) electrons. The number of anilines is 1. The zero-order chi connectivity index (χ0) is 12.1. The molecule has 0 aliphatic carbocycles. The van der Waals surface area contributed by atoms with Crippen LogP contribution in [0.3, 0.4) is 0 Å². The Hall–Kier alpha value is -2.29. The van der Waals surface area contributed by atoms with Crippen LogP contribution in [-0.2, 0) is 0 Å². The smallest absolute Gasteiger partial charge is 0.115 e. The van der Waals surface area contributed by atoms with Gasteiger partial charge in [0.25, 0.3) is 0 Å². The Morgan fingerprint density at radius 3 is 2.29 bits per heavy atom. The molecule has 2 rings (SSSR count). The van der Waals surface area contributed by atoms with E-state index in [1.807, 2.05) is 49.4 Å². The third kappa shape index (κ3) is 3.08. The molecule has 0 heterocycles. The number of hydrazone groups is 1. The SMILES string of the molecule is C/C(=N\Nc1ccccc1)c1ccc(O)cc1. The highest BCUT2D eigenvalue weighted by molar-refractivity contribution is 5.99. The number of hydrogen-bond donors (Lipinski definition) is 2. The Labute approximate surface area is 100 Å². The Morgan fingerprint density at radius 2 is 1.65 bits per heavy atom. The summed E-state index contributed by atoms with van der Waals surface area (Å²) in [5.41, 5.74) is 5.78. The van der Waals surface area contributed by atoms with Crippen molar-refractivity contribution >= 4 is 11.4 Å². The number of benzene rings is 2. The number of phenolic OH excluding ortho intramolecular Hbond substituents is 1. The van der Waals surface area contributed by atoms with Gasteiger partial charge in [-0.3, -0.25) is 5.43 Å². The highest BCUT2D eigenvalue weighted by Gasteiger charge is 1.97. The number of para-hydroxylation sites is 1. The van der Waals surface area contributed by atoms with E-state index >= 15 is 0 Å². The van der Waals surface area contributed by atoms with E-state index in [0.717, 1.165) is 17.0 Å². The van der Waals surface area contributed by atoms with Crippen molar-refractivity contribution in [2.75, 3.05) is 5.43 Å². The first-order valence-electron chi connectivity index (χ1n) is 5.40. The second-order valence-electron chi connectivity index (χ2n) is 3.72. The summed E-state index contributed by atoms with van der Waals surface area (Å²) in [6.07, 6.45) is 0. The highest BCUT2D eigenvalue weighted by atomic mass is 16.3. The Bertz CT molecular complexity index is 504. The first-order chi connectivity index (χ1) is 8.25. The van der Waals surface area contributed by atoms with Crippen molar-refractivity contribution in [1.82, 2.24) is 0 Å². The Kier molecular flexibility index (Phi) is 3.40. The van der Waals surface area contributed by atoms with Gasteiger partial charge in [-0.15, -0.1) is 0 Å². The number of hydrogen-bond acceptors (Lipinski definition) is 3. The maximum Gasteiger partial charge on any atom is 0.115 e. The van der Waals surface area contributed by atoms with Gasteiger partial charge < -0.3 is 5.11 Å². The van der Waals surface area contributed by atoms with Crippen LogP contribution >= 0.6 is 0 Å². The lowest BCUT2D eigenvalue weighted by Gasteiger charge is -2.03. The lowest BCUT2D eigenvalue weighted by atomic mass is 10.1. The minimum absolute atomic E-state index is 0.262. The topological polar surface area (TPSA) is 44.6 Å². The standard InChI is InChI=1S/C14H14N2O/c1-11(12-7-9-14(17)10-8-12)15-16-13-5-3-2-4-6-13/h2-10,16-17H,1H3/b15-11+. The number of phenols is 1. The third-order valence-corrected chi connectivity index (χ3v) is 2.41. The second-order valence-corrected chi connectivity index (χ2v) is 3.72. The molecule has 0 aliphatic rings. The van der Waals surface area contributed by atoms with E-state index in [1.54, 1.807) is 12.1 Å². The molecular formula is C14H14N2O. The van der Waals surface area contributed by atoms with Crippen LogP contribution in [0.5, 0.6) is 5.75 Å². The molecular weight excluding hydrogens is 212 g/mol. The van der Waals surface area contributed by atoms with Crippen LogP contribution in [0.15, 0.2) is 59.7 Å². The van der Waals surface area contributed by atoms with E-state index in [9.17, 15) is 5.11 Å². The highest BCUT2D eigenvalue weighted by Crippen LogP contribution is 2.11. The summed E-state index contributed by atoms with van der Waals surface area (Å²) in [5, 5.41) is 13.5. The molecule has 3 heteroatoms. The Morgan fingerprint density at radius 1 is 1.00 bits per heavy atom. The average molecular weight is 226 g/mol. The summed E-state index contributed by atoms with van der Waals surface area (Å²) >= 11 is 0. The molecule has 0 saturated carbocycles. The van der Waals surface area contributed by atoms with E-state index in [-0.39, 0.29) is 5.75 Å². The van der Waals surface area contributed by atoms with Gasteiger partial charge in [-0.1, -0.05) is 18.2 Å². The molecule has 0 unspecified atom stereocenters. The molecule has 2 aromatic rings. The third-order valence-electron chi connectivity index (χ3n) is 2.41. The van der Waals surface area contributed by atoms with Crippen molar-refractivity contribution in [2.45, 2.75) is 6.92 Å².